The third kappa shape index (κ3) is 3.22. The third-order valence-electron chi connectivity index (χ3n) is 3.51. The minimum atomic E-state index is 0.592. The second-order valence-corrected chi connectivity index (χ2v) is 6.32. The molecule has 0 saturated carbocycles. The fraction of sp³-hybridized carbons (Fsp3) is 0.429. The van der Waals surface area contributed by atoms with Gasteiger partial charge in [-0.15, -0.1) is 0 Å². The second kappa shape index (κ2) is 6.24. The van der Waals surface area contributed by atoms with Crippen molar-refractivity contribution in [1.29, 1.82) is 0 Å². The van der Waals surface area contributed by atoms with E-state index in [1.54, 1.807) is 0 Å². The van der Waals surface area contributed by atoms with Crippen molar-refractivity contribution in [2.45, 2.75) is 19.3 Å². The molecule has 1 N–H and O–H groups in total. The maximum Gasteiger partial charge on any atom is 0.227 e. The molecule has 1 saturated heterocycles. The van der Waals surface area contributed by atoms with Crippen LogP contribution in [0.1, 0.15) is 18.7 Å². The van der Waals surface area contributed by atoms with Gasteiger partial charge in [0.05, 0.1) is 5.02 Å². The first kappa shape index (κ1) is 14.0. The minimum Gasteiger partial charge on any atom is -0.339 e. The molecule has 4 nitrogen and oxygen atoms in total. The Hall–Kier alpha value is -0.910. The molecule has 1 aromatic heterocycles. The Bertz CT molecular complexity index is 596. The van der Waals surface area contributed by atoms with Gasteiger partial charge in [-0.2, -0.15) is 4.98 Å². The van der Waals surface area contributed by atoms with Gasteiger partial charge in [0.15, 0.2) is 0 Å². The van der Waals surface area contributed by atoms with Crippen molar-refractivity contribution in [3.63, 3.8) is 0 Å². The summed E-state index contributed by atoms with van der Waals surface area (Å²) in [6, 6.07) is 5.62. The number of benzene rings is 1. The number of rotatable bonds is 3. The monoisotopic (exact) mass is 355 g/mol. The molecule has 2 heterocycles. The Morgan fingerprint density at radius 2 is 2.35 bits per heavy atom. The van der Waals surface area contributed by atoms with E-state index >= 15 is 0 Å². The van der Waals surface area contributed by atoms with Crippen LogP contribution in [-0.4, -0.2) is 23.2 Å². The Balaban J connectivity index is 1.73. The number of nitrogens with zero attached hydrogens (tertiary/aromatic N) is 2. The number of nitrogens with one attached hydrogen (secondary N) is 1. The quantitative estimate of drug-likeness (QED) is 0.911. The molecule has 1 unspecified atom stereocenters. The molecule has 0 bridgehead atoms. The highest BCUT2D eigenvalue weighted by Crippen LogP contribution is 2.27. The molecule has 1 atom stereocenters. The predicted molar refractivity (Wildman–Crippen MR) is 81.7 cm³/mol. The zero-order valence-corrected chi connectivity index (χ0v) is 13.2. The van der Waals surface area contributed by atoms with Crippen molar-refractivity contribution in [2.24, 2.45) is 5.92 Å². The number of hydrogen-bond acceptors (Lipinski definition) is 4. The van der Waals surface area contributed by atoms with Crippen LogP contribution in [-0.2, 0) is 6.42 Å². The van der Waals surface area contributed by atoms with Gasteiger partial charge in [-0.3, -0.25) is 0 Å². The van der Waals surface area contributed by atoms with Crippen LogP contribution in [0.5, 0.6) is 0 Å². The first-order chi connectivity index (χ1) is 9.72. The van der Waals surface area contributed by atoms with Crippen LogP contribution >= 0.6 is 27.5 Å². The van der Waals surface area contributed by atoms with Crippen molar-refractivity contribution >= 4 is 27.5 Å². The second-order valence-electron chi connectivity index (χ2n) is 5.06. The van der Waals surface area contributed by atoms with Gasteiger partial charge in [0.1, 0.15) is 0 Å². The lowest BCUT2D eigenvalue weighted by Gasteiger charge is -2.20. The highest BCUT2D eigenvalue weighted by Gasteiger charge is 2.17. The summed E-state index contributed by atoms with van der Waals surface area (Å²) >= 11 is 9.39. The summed E-state index contributed by atoms with van der Waals surface area (Å²) in [5.41, 5.74) is 0.901. The highest BCUT2D eigenvalue weighted by atomic mass is 79.9. The van der Waals surface area contributed by atoms with E-state index in [1.807, 2.05) is 18.2 Å². The molecule has 2 aromatic rings. The Morgan fingerprint density at radius 1 is 1.45 bits per heavy atom. The number of halogens is 2. The molecule has 1 aliphatic heterocycles. The molecule has 1 fully saturated rings. The van der Waals surface area contributed by atoms with Gasteiger partial charge < -0.3 is 9.84 Å². The van der Waals surface area contributed by atoms with Crippen LogP contribution in [0.2, 0.25) is 5.02 Å². The Labute approximate surface area is 131 Å². The van der Waals surface area contributed by atoms with E-state index in [4.69, 9.17) is 16.1 Å². The molecule has 20 heavy (non-hydrogen) atoms. The average molecular weight is 357 g/mol. The van der Waals surface area contributed by atoms with E-state index in [1.165, 1.54) is 12.8 Å². The van der Waals surface area contributed by atoms with Gasteiger partial charge in [0.25, 0.3) is 0 Å². The standard InChI is InChI=1S/C14H15BrClN3O/c15-11-7-10(3-4-12(11)16)14-18-13(20-19-14)6-9-2-1-5-17-8-9/h3-4,7,9,17H,1-2,5-6,8H2. The summed E-state index contributed by atoms with van der Waals surface area (Å²) in [6.45, 7) is 2.15. The third-order valence-corrected chi connectivity index (χ3v) is 4.72. The molecule has 0 spiro atoms. The summed E-state index contributed by atoms with van der Waals surface area (Å²) in [5, 5.41) is 8.12. The molecular weight excluding hydrogens is 342 g/mol. The lowest BCUT2D eigenvalue weighted by molar-refractivity contribution is 0.316. The van der Waals surface area contributed by atoms with Crippen LogP contribution in [0, 0.1) is 5.92 Å². The van der Waals surface area contributed by atoms with Crippen molar-refractivity contribution < 1.29 is 4.52 Å². The largest absolute Gasteiger partial charge is 0.339 e. The van der Waals surface area contributed by atoms with Gasteiger partial charge in [-0.05, 0) is 66.0 Å². The van der Waals surface area contributed by atoms with Crippen LogP contribution in [0.4, 0.5) is 0 Å². The van der Waals surface area contributed by atoms with Gasteiger partial charge in [-0.1, -0.05) is 16.8 Å². The first-order valence-corrected chi connectivity index (χ1v) is 7.88. The van der Waals surface area contributed by atoms with E-state index in [2.05, 4.69) is 31.4 Å². The summed E-state index contributed by atoms with van der Waals surface area (Å²) in [7, 11) is 0. The molecule has 106 valence electrons. The van der Waals surface area contributed by atoms with E-state index in [-0.39, 0.29) is 0 Å². The average Bonchev–Trinajstić information content (AvgIpc) is 2.91. The fourth-order valence-electron chi connectivity index (χ4n) is 2.44. The van der Waals surface area contributed by atoms with Crippen LogP contribution in [0.3, 0.4) is 0 Å². The van der Waals surface area contributed by atoms with Crippen molar-refractivity contribution in [3.05, 3.63) is 33.6 Å². The van der Waals surface area contributed by atoms with E-state index < -0.39 is 0 Å². The molecule has 0 aliphatic carbocycles. The number of aromatic nitrogens is 2. The van der Waals surface area contributed by atoms with E-state index in [9.17, 15) is 0 Å². The van der Waals surface area contributed by atoms with Gasteiger partial charge >= 0.3 is 0 Å². The smallest absolute Gasteiger partial charge is 0.227 e. The van der Waals surface area contributed by atoms with Crippen molar-refractivity contribution in [1.82, 2.24) is 15.5 Å². The summed E-state index contributed by atoms with van der Waals surface area (Å²) in [6.07, 6.45) is 3.28. The lowest BCUT2D eigenvalue weighted by Crippen LogP contribution is -2.30. The zero-order valence-electron chi connectivity index (χ0n) is 10.9. The van der Waals surface area contributed by atoms with Gasteiger partial charge in [0.2, 0.25) is 11.7 Å². The van der Waals surface area contributed by atoms with Crippen LogP contribution < -0.4 is 5.32 Å². The minimum absolute atomic E-state index is 0.592. The normalized spacial score (nSPS) is 19.2. The van der Waals surface area contributed by atoms with Gasteiger partial charge in [0, 0.05) is 16.5 Å². The molecular formula is C14H15BrClN3O. The maximum absolute atomic E-state index is 5.98. The van der Waals surface area contributed by atoms with Crippen LogP contribution in [0.15, 0.2) is 27.2 Å². The molecule has 1 aromatic carbocycles. The number of hydrogen-bond donors (Lipinski definition) is 1. The van der Waals surface area contributed by atoms with Gasteiger partial charge in [-0.25, -0.2) is 0 Å². The molecule has 3 rings (SSSR count). The zero-order chi connectivity index (χ0) is 13.9. The Morgan fingerprint density at radius 3 is 3.10 bits per heavy atom. The first-order valence-electron chi connectivity index (χ1n) is 6.71. The van der Waals surface area contributed by atoms with Crippen LogP contribution in [0.25, 0.3) is 11.4 Å². The highest BCUT2D eigenvalue weighted by molar-refractivity contribution is 9.10. The van der Waals surface area contributed by atoms with E-state index in [0.29, 0.717) is 22.7 Å². The molecule has 1 aliphatic rings. The fourth-order valence-corrected chi connectivity index (χ4v) is 2.93. The topological polar surface area (TPSA) is 51.0 Å². The molecule has 6 heteroatoms. The van der Waals surface area contributed by atoms with E-state index in [0.717, 1.165) is 29.5 Å². The Kier molecular flexibility index (Phi) is 4.38. The molecule has 0 radical (unpaired) electrons. The SMILES string of the molecule is Clc1ccc(-c2noc(CC3CCCNC3)n2)cc1Br. The summed E-state index contributed by atoms with van der Waals surface area (Å²) < 4.78 is 6.19. The predicted octanol–water partition coefficient (Wildman–Crippen LogP) is 3.69. The number of piperidine rings is 1. The summed E-state index contributed by atoms with van der Waals surface area (Å²) in [5.74, 6) is 1.91. The maximum atomic E-state index is 5.98. The van der Waals surface area contributed by atoms with Crippen molar-refractivity contribution in [2.75, 3.05) is 13.1 Å². The van der Waals surface area contributed by atoms with Crippen molar-refractivity contribution in [3.8, 4) is 11.4 Å². The molecule has 0 amide bonds. The summed E-state index contributed by atoms with van der Waals surface area (Å²) in [4.78, 5) is 4.48. The lowest BCUT2D eigenvalue weighted by atomic mass is 9.96.